The van der Waals surface area contributed by atoms with E-state index in [9.17, 15) is 13.2 Å². The summed E-state index contributed by atoms with van der Waals surface area (Å²) in [5.41, 5.74) is 0.608. The normalized spacial score (nSPS) is 11.2. The number of hydrogen-bond donors (Lipinski definition) is 2. The Morgan fingerprint density at radius 3 is 2.82 bits per heavy atom. The summed E-state index contributed by atoms with van der Waals surface area (Å²) in [5.74, 6) is 0.431. The molecule has 9 heteroatoms. The van der Waals surface area contributed by atoms with Crippen molar-refractivity contribution >= 4 is 15.9 Å². The Labute approximate surface area is 127 Å². The van der Waals surface area contributed by atoms with Crippen LogP contribution in [0.4, 0.5) is 0 Å². The van der Waals surface area contributed by atoms with Gasteiger partial charge in [0.1, 0.15) is 5.76 Å². The first-order chi connectivity index (χ1) is 10.3. The van der Waals surface area contributed by atoms with Crippen LogP contribution in [0.5, 0.6) is 5.88 Å². The molecule has 8 nitrogen and oxygen atoms in total. The minimum atomic E-state index is -3.76. The molecule has 0 saturated heterocycles. The predicted octanol–water partition coefficient (Wildman–Crippen LogP) is 0.326. The van der Waals surface area contributed by atoms with Gasteiger partial charge < -0.3 is 14.6 Å². The van der Waals surface area contributed by atoms with Crippen LogP contribution in [0.1, 0.15) is 11.3 Å². The fraction of sp³-hybridized carbons (Fsp3) is 0.231. The van der Waals surface area contributed by atoms with E-state index < -0.39 is 10.0 Å². The summed E-state index contributed by atoms with van der Waals surface area (Å²) in [7, 11) is -3.76. The Kier molecular flexibility index (Phi) is 4.78. The lowest BCUT2D eigenvalue weighted by molar-refractivity contribution is -0.123. The highest BCUT2D eigenvalue weighted by Crippen LogP contribution is 2.10. The molecule has 0 aliphatic carbocycles. The second-order valence-corrected chi connectivity index (χ2v) is 6.10. The van der Waals surface area contributed by atoms with Crippen LogP contribution < -0.4 is 15.2 Å². The molecule has 0 atom stereocenters. The molecule has 1 aromatic carbocycles. The van der Waals surface area contributed by atoms with Crippen LogP contribution >= 0.6 is 0 Å². The molecule has 0 aliphatic rings. The first kappa shape index (κ1) is 16.0. The third kappa shape index (κ3) is 4.57. The van der Waals surface area contributed by atoms with Crippen LogP contribution in [0, 0.1) is 6.92 Å². The Bertz CT molecular complexity index is 769. The van der Waals surface area contributed by atoms with Gasteiger partial charge in [-0.25, -0.2) is 13.6 Å². The molecule has 0 radical (unpaired) electrons. The Balaban J connectivity index is 1.86. The van der Waals surface area contributed by atoms with Gasteiger partial charge in [0, 0.05) is 12.6 Å². The highest BCUT2D eigenvalue weighted by atomic mass is 32.2. The number of ether oxygens (including phenoxy) is 1. The van der Waals surface area contributed by atoms with E-state index in [2.05, 4.69) is 10.5 Å². The van der Waals surface area contributed by atoms with Gasteiger partial charge in [-0.3, -0.25) is 4.79 Å². The van der Waals surface area contributed by atoms with Crippen molar-refractivity contribution in [3.05, 3.63) is 41.7 Å². The lowest BCUT2D eigenvalue weighted by Crippen LogP contribution is -2.28. The first-order valence-corrected chi connectivity index (χ1v) is 7.84. The minimum Gasteiger partial charge on any atom is -0.465 e. The molecule has 1 heterocycles. The SMILES string of the molecule is Cc1cc(OCC(=O)NCc2cccc(S(N)(=O)=O)c2)no1. The fourth-order valence-corrected chi connectivity index (χ4v) is 2.22. The summed E-state index contributed by atoms with van der Waals surface area (Å²) in [5, 5.41) is 11.2. The molecule has 0 spiro atoms. The highest BCUT2D eigenvalue weighted by molar-refractivity contribution is 7.89. The van der Waals surface area contributed by atoms with Gasteiger partial charge in [0.2, 0.25) is 10.0 Å². The lowest BCUT2D eigenvalue weighted by Gasteiger charge is -2.06. The molecule has 2 rings (SSSR count). The van der Waals surface area contributed by atoms with Crippen LogP contribution in [0.3, 0.4) is 0 Å². The van der Waals surface area contributed by atoms with Crippen molar-refractivity contribution in [2.24, 2.45) is 5.14 Å². The predicted molar refractivity (Wildman–Crippen MR) is 76.4 cm³/mol. The molecule has 0 aliphatic heterocycles. The summed E-state index contributed by atoms with van der Waals surface area (Å²) in [6, 6.07) is 7.57. The van der Waals surface area contributed by atoms with Crippen molar-refractivity contribution in [3.63, 3.8) is 0 Å². The number of rotatable bonds is 6. The van der Waals surface area contributed by atoms with Crippen LogP contribution in [0.2, 0.25) is 0 Å². The summed E-state index contributed by atoms with van der Waals surface area (Å²) in [6.07, 6.45) is 0. The number of carbonyl (C=O) groups excluding carboxylic acids is 1. The van der Waals surface area contributed by atoms with Gasteiger partial charge in [0.25, 0.3) is 11.8 Å². The van der Waals surface area contributed by atoms with E-state index in [1.807, 2.05) is 0 Å². The van der Waals surface area contributed by atoms with E-state index in [0.717, 1.165) is 0 Å². The quantitative estimate of drug-likeness (QED) is 0.788. The number of aryl methyl sites for hydroxylation is 1. The van der Waals surface area contributed by atoms with Crippen molar-refractivity contribution in [2.75, 3.05) is 6.61 Å². The number of nitrogens with two attached hydrogens (primary N) is 1. The maximum atomic E-state index is 11.6. The van der Waals surface area contributed by atoms with Gasteiger partial charge in [0.15, 0.2) is 6.61 Å². The number of primary sulfonamides is 1. The van der Waals surface area contributed by atoms with Crippen molar-refractivity contribution in [1.82, 2.24) is 10.5 Å². The number of aromatic nitrogens is 1. The van der Waals surface area contributed by atoms with Crippen LogP contribution in [0.15, 0.2) is 39.8 Å². The fourth-order valence-electron chi connectivity index (χ4n) is 1.64. The Morgan fingerprint density at radius 1 is 1.41 bits per heavy atom. The largest absolute Gasteiger partial charge is 0.465 e. The van der Waals surface area contributed by atoms with Crippen LogP contribution in [-0.4, -0.2) is 26.1 Å². The van der Waals surface area contributed by atoms with E-state index in [4.69, 9.17) is 14.4 Å². The van der Waals surface area contributed by atoms with Crippen molar-refractivity contribution < 1.29 is 22.5 Å². The zero-order valence-corrected chi connectivity index (χ0v) is 12.6. The summed E-state index contributed by atoms with van der Waals surface area (Å²) in [6.45, 7) is 1.64. The van der Waals surface area contributed by atoms with Gasteiger partial charge >= 0.3 is 0 Å². The molecule has 0 fully saturated rings. The van der Waals surface area contributed by atoms with Crippen molar-refractivity contribution in [2.45, 2.75) is 18.4 Å². The smallest absolute Gasteiger partial charge is 0.258 e. The van der Waals surface area contributed by atoms with E-state index in [-0.39, 0.29) is 29.8 Å². The number of hydrogen-bond acceptors (Lipinski definition) is 6. The highest BCUT2D eigenvalue weighted by Gasteiger charge is 2.09. The summed E-state index contributed by atoms with van der Waals surface area (Å²) in [4.78, 5) is 11.6. The molecular weight excluding hydrogens is 310 g/mol. The van der Waals surface area contributed by atoms with Crippen molar-refractivity contribution in [3.8, 4) is 5.88 Å². The van der Waals surface area contributed by atoms with E-state index in [0.29, 0.717) is 11.3 Å². The number of carbonyl (C=O) groups is 1. The number of benzene rings is 1. The number of nitrogens with one attached hydrogen (secondary N) is 1. The molecular formula is C13H15N3O5S. The second-order valence-electron chi connectivity index (χ2n) is 4.53. The molecule has 1 amide bonds. The second kappa shape index (κ2) is 6.58. The maximum absolute atomic E-state index is 11.6. The van der Waals surface area contributed by atoms with E-state index in [1.54, 1.807) is 25.1 Å². The minimum absolute atomic E-state index is 0.00595. The molecule has 1 aromatic heterocycles. The van der Waals surface area contributed by atoms with Crippen LogP contribution in [-0.2, 0) is 21.4 Å². The first-order valence-electron chi connectivity index (χ1n) is 6.29. The number of nitrogens with zero attached hydrogens (tertiary/aromatic N) is 1. The average Bonchev–Trinajstić information content (AvgIpc) is 2.88. The topological polar surface area (TPSA) is 125 Å². The maximum Gasteiger partial charge on any atom is 0.258 e. The molecule has 0 saturated carbocycles. The van der Waals surface area contributed by atoms with Gasteiger partial charge in [-0.1, -0.05) is 12.1 Å². The lowest BCUT2D eigenvalue weighted by atomic mass is 10.2. The molecule has 0 bridgehead atoms. The molecule has 118 valence electrons. The number of sulfonamides is 1. The zero-order valence-electron chi connectivity index (χ0n) is 11.8. The van der Waals surface area contributed by atoms with Crippen molar-refractivity contribution in [1.29, 1.82) is 0 Å². The monoisotopic (exact) mass is 325 g/mol. The molecule has 22 heavy (non-hydrogen) atoms. The van der Waals surface area contributed by atoms with Gasteiger partial charge in [0.05, 0.1) is 4.90 Å². The van der Waals surface area contributed by atoms with Gasteiger partial charge in [-0.2, -0.15) is 0 Å². The Hall–Kier alpha value is -2.39. The Morgan fingerprint density at radius 2 is 2.18 bits per heavy atom. The molecule has 3 N–H and O–H groups in total. The van der Waals surface area contributed by atoms with E-state index >= 15 is 0 Å². The van der Waals surface area contributed by atoms with E-state index in [1.165, 1.54) is 12.1 Å². The molecule has 0 unspecified atom stereocenters. The summed E-state index contributed by atoms with van der Waals surface area (Å²) >= 11 is 0. The third-order valence-corrected chi connectivity index (χ3v) is 3.59. The van der Waals surface area contributed by atoms with Gasteiger partial charge in [-0.05, 0) is 29.8 Å². The average molecular weight is 325 g/mol. The standard InChI is InChI=1S/C13H15N3O5S/c1-9-5-13(16-21-9)20-8-12(17)15-7-10-3-2-4-11(6-10)22(14,18)19/h2-6H,7-8H2,1H3,(H,15,17)(H2,14,18,19). The summed E-state index contributed by atoms with van der Waals surface area (Å²) < 4.78 is 32.4. The van der Waals surface area contributed by atoms with Gasteiger partial charge in [-0.15, -0.1) is 0 Å². The number of amides is 1. The molecule has 2 aromatic rings. The van der Waals surface area contributed by atoms with Crippen LogP contribution in [0.25, 0.3) is 0 Å². The third-order valence-electron chi connectivity index (χ3n) is 2.67. The zero-order chi connectivity index (χ0) is 16.2.